The van der Waals surface area contributed by atoms with Crippen LogP contribution in [-0.2, 0) is 20.8 Å². The zero-order valence-corrected chi connectivity index (χ0v) is 18.5. The molecule has 0 aliphatic rings. The molecule has 0 saturated carbocycles. The minimum Gasteiger partial charge on any atom is -0.483 e. The van der Waals surface area contributed by atoms with E-state index in [1.54, 1.807) is 19.1 Å². The van der Waals surface area contributed by atoms with Crippen molar-refractivity contribution >= 4 is 28.8 Å². The first-order chi connectivity index (χ1) is 15.1. The number of hydrogen-bond donors (Lipinski definition) is 3. The summed E-state index contributed by atoms with van der Waals surface area (Å²) in [6.07, 6.45) is 4.11. The number of benzene rings is 1. The fourth-order valence-corrected chi connectivity index (χ4v) is 3.50. The zero-order chi connectivity index (χ0) is 23.8. The lowest BCUT2D eigenvalue weighted by atomic mass is 9.99. The van der Waals surface area contributed by atoms with E-state index in [4.69, 9.17) is 19.4 Å². The van der Waals surface area contributed by atoms with E-state index in [9.17, 15) is 19.2 Å². The highest BCUT2D eigenvalue weighted by atomic mass is 16.5. The lowest BCUT2D eigenvalue weighted by Gasteiger charge is -2.15. The maximum atomic E-state index is 12.5. The first-order valence-electron chi connectivity index (χ1n) is 10.6. The molecule has 2 aromatic rings. The molecule has 1 atom stereocenters. The van der Waals surface area contributed by atoms with E-state index in [0.717, 1.165) is 36.6 Å². The molecule has 1 heterocycles. The minimum atomic E-state index is -1.56. The Morgan fingerprint density at radius 2 is 1.81 bits per heavy atom. The number of carbonyl (C=O) groups is 3. The van der Waals surface area contributed by atoms with Gasteiger partial charge in [-0.05, 0) is 44.4 Å². The fraction of sp³-hybridized carbons (Fsp3) is 0.478. The summed E-state index contributed by atoms with van der Waals surface area (Å²) in [7, 11) is 0. The summed E-state index contributed by atoms with van der Waals surface area (Å²) in [5.74, 6) is -3.28. The SMILES string of the molecule is CCCCCCc1c(C)c2ccc(OCC(=O)N[C@@H](CC(=O)O)C(=O)O)c(C)c2oc1=O. The molecule has 9 nitrogen and oxygen atoms in total. The standard InChI is InChI=1S/C23H29NO8/c1-4-5-6-7-8-16-13(2)15-9-10-18(14(3)21(15)32-23(16)30)31-12-19(25)24-17(22(28)29)11-20(26)27/h9-10,17H,4-8,11-12H2,1-3H3,(H,24,25)(H,26,27)(H,28,29)/t17-/m0/s1. The summed E-state index contributed by atoms with van der Waals surface area (Å²) in [4.78, 5) is 46.4. The number of unbranched alkanes of at least 4 members (excludes halogenated alkanes) is 3. The van der Waals surface area contributed by atoms with Gasteiger partial charge in [0.15, 0.2) is 6.61 Å². The Bertz CT molecular complexity index is 1060. The monoisotopic (exact) mass is 447 g/mol. The van der Waals surface area contributed by atoms with Crippen LogP contribution in [0.5, 0.6) is 5.75 Å². The van der Waals surface area contributed by atoms with Gasteiger partial charge >= 0.3 is 17.6 Å². The molecule has 0 aliphatic carbocycles. The average molecular weight is 447 g/mol. The van der Waals surface area contributed by atoms with Gasteiger partial charge in [-0.3, -0.25) is 9.59 Å². The van der Waals surface area contributed by atoms with Crippen molar-refractivity contribution in [3.63, 3.8) is 0 Å². The summed E-state index contributed by atoms with van der Waals surface area (Å²) in [5.41, 5.74) is 2.05. The first kappa shape index (κ1) is 24.9. The molecular weight excluding hydrogens is 418 g/mol. The van der Waals surface area contributed by atoms with Crippen molar-refractivity contribution in [3.05, 3.63) is 39.2 Å². The number of rotatable bonds is 12. The Morgan fingerprint density at radius 1 is 1.09 bits per heavy atom. The van der Waals surface area contributed by atoms with E-state index < -0.39 is 36.9 Å². The molecule has 1 aromatic carbocycles. The molecule has 32 heavy (non-hydrogen) atoms. The Labute approximate surface area is 185 Å². The molecule has 0 saturated heterocycles. The van der Waals surface area contributed by atoms with Crippen molar-refractivity contribution < 1.29 is 33.8 Å². The second-order valence-electron chi connectivity index (χ2n) is 7.71. The van der Waals surface area contributed by atoms with Crippen LogP contribution in [0, 0.1) is 13.8 Å². The van der Waals surface area contributed by atoms with E-state index >= 15 is 0 Å². The van der Waals surface area contributed by atoms with Crippen LogP contribution in [-0.4, -0.2) is 40.7 Å². The number of aryl methyl sites for hydroxylation is 2. The zero-order valence-electron chi connectivity index (χ0n) is 18.5. The van der Waals surface area contributed by atoms with Gasteiger partial charge in [-0.1, -0.05) is 26.2 Å². The van der Waals surface area contributed by atoms with Gasteiger partial charge in [0.1, 0.15) is 17.4 Å². The molecule has 2 rings (SSSR count). The van der Waals surface area contributed by atoms with Crippen LogP contribution in [0.2, 0.25) is 0 Å². The number of carboxylic acids is 2. The van der Waals surface area contributed by atoms with Gasteiger partial charge in [0.25, 0.3) is 5.91 Å². The summed E-state index contributed by atoms with van der Waals surface area (Å²) in [5, 5.41) is 20.7. The molecule has 1 amide bonds. The van der Waals surface area contributed by atoms with Gasteiger partial charge in [-0.25, -0.2) is 9.59 Å². The topological polar surface area (TPSA) is 143 Å². The molecular formula is C23H29NO8. The summed E-state index contributed by atoms with van der Waals surface area (Å²) < 4.78 is 11.0. The highest BCUT2D eigenvalue weighted by Gasteiger charge is 2.23. The van der Waals surface area contributed by atoms with Crippen LogP contribution in [0.4, 0.5) is 0 Å². The van der Waals surface area contributed by atoms with Crippen LogP contribution in [0.15, 0.2) is 21.3 Å². The molecule has 0 radical (unpaired) electrons. The summed E-state index contributed by atoms with van der Waals surface area (Å²) in [6, 6.07) is 1.86. The van der Waals surface area contributed by atoms with Crippen LogP contribution in [0.25, 0.3) is 11.0 Å². The number of carbonyl (C=O) groups excluding carboxylic acids is 1. The van der Waals surface area contributed by atoms with Gasteiger partial charge in [0.2, 0.25) is 0 Å². The van der Waals surface area contributed by atoms with Crippen LogP contribution in [0.1, 0.15) is 55.7 Å². The third kappa shape index (κ3) is 6.32. The van der Waals surface area contributed by atoms with Crippen molar-refractivity contribution in [2.75, 3.05) is 6.61 Å². The fourth-order valence-electron chi connectivity index (χ4n) is 3.50. The van der Waals surface area contributed by atoms with E-state index in [1.807, 2.05) is 6.92 Å². The third-order valence-electron chi connectivity index (χ3n) is 5.31. The summed E-state index contributed by atoms with van der Waals surface area (Å²) in [6.45, 7) is 5.19. The lowest BCUT2D eigenvalue weighted by Crippen LogP contribution is -2.44. The second kappa shape index (κ2) is 11.3. The number of carboxylic acid groups (broad SMARTS) is 2. The van der Waals surface area contributed by atoms with E-state index in [0.29, 0.717) is 28.9 Å². The van der Waals surface area contributed by atoms with Crippen molar-refractivity contribution in [1.82, 2.24) is 5.32 Å². The quantitative estimate of drug-likeness (QED) is 0.333. The molecule has 9 heteroatoms. The smallest absolute Gasteiger partial charge is 0.339 e. The molecule has 0 spiro atoms. The number of amides is 1. The molecule has 0 bridgehead atoms. The Balaban J connectivity index is 2.16. The number of nitrogens with one attached hydrogen (secondary N) is 1. The van der Waals surface area contributed by atoms with Gasteiger partial charge in [-0.15, -0.1) is 0 Å². The van der Waals surface area contributed by atoms with E-state index in [1.165, 1.54) is 0 Å². The Hall–Kier alpha value is -3.36. The second-order valence-corrected chi connectivity index (χ2v) is 7.71. The minimum absolute atomic E-state index is 0.302. The van der Waals surface area contributed by atoms with Crippen molar-refractivity contribution in [3.8, 4) is 5.75 Å². The lowest BCUT2D eigenvalue weighted by molar-refractivity contribution is -0.147. The van der Waals surface area contributed by atoms with Gasteiger partial charge in [-0.2, -0.15) is 0 Å². The molecule has 174 valence electrons. The average Bonchev–Trinajstić information content (AvgIpc) is 2.72. The Morgan fingerprint density at radius 3 is 2.44 bits per heavy atom. The van der Waals surface area contributed by atoms with E-state index in [-0.39, 0.29) is 5.63 Å². The summed E-state index contributed by atoms with van der Waals surface area (Å²) >= 11 is 0. The number of hydrogen-bond acceptors (Lipinski definition) is 6. The molecule has 1 aromatic heterocycles. The van der Waals surface area contributed by atoms with Crippen LogP contribution >= 0.6 is 0 Å². The third-order valence-corrected chi connectivity index (χ3v) is 5.31. The molecule has 0 aliphatic heterocycles. The normalized spacial score (nSPS) is 11.8. The maximum absolute atomic E-state index is 12.5. The molecule has 0 fully saturated rings. The van der Waals surface area contributed by atoms with Crippen molar-refractivity contribution in [1.29, 1.82) is 0 Å². The highest BCUT2D eigenvalue weighted by molar-refractivity contribution is 5.88. The van der Waals surface area contributed by atoms with E-state index in [2.05, 4.69) is 12.2 Å². The molecule has 0 unspecified atom stereocenters. The Kier molecular flexibility index (Phi) is 8.80. The predicted octanol–water partition coefficient (Wildman–Crippen LogP) is 2.96. The van der Waals surface area contributed by atoms with Gasteiger partial charge in [0, 0.05) is 16.5 Å². The van der Waals surface area contributed by atoms with Crippen molar-refractivity contribution in [2.24, 2.45) is 0 Å². The molecule has 3 N–H and O–H groups in total. The number of ether oxygens (including phenoxy) is 1. The highest BCUT2D eigenvalue weighted by Crippen LogP contribution is 2.29. The largest absolute Gasteiger partial charge is 0.483 e. The van der Waals surface area contributed by atoms with Crippen molar-refractivity contribution in [2.45, 2.75) is 65.3 Å². The maximum Gasteiger partial charge on any atom is 0.339 e. The number of fused-ring (bicyclic) bond motifs is 1. The first-order valence-corrected chi connectivity index (χ1v) is 10.6. The van der Waals surface area contributed by atoms with Crippen LogP contribution < -0.4 is 15.7 Å². The van der Waals surface area contributed by atoms with Crippen LogP contribution in [0.3, 0.4) is 0 Å². The van der Waals surface area contributed by atoms with Gasteiger partial charge < -0.3 is 24.7 Å². The predicted molar refractivity (Wildman–Crippen MR) is 117 cm³/mol. The number of aliphatic carboxylic acids is 2. The van der Waals surface area contributed by atoms with Gasteiger partial charge in [0.05, 0.1) is 6.42 Å².